The fraction of sp³-hybridized carbons (Fsp3) is 0.571. The van der Waals surface area contributed by atoms with Crippen molar-refractivity contribution < 1.29 is 5.11 Å². The highest BCUT2D eigenvalue weighted by Crippen LogP contribution is 2.32. The summed E-state index contributed by atoms with van der Waals surface area (Å²) in [6.45, 7) is 4.97. The summed E-state index contributed by atoms with van der Waals surface area (Å²) in [6.07, 6.45) is 2.43. The Morgan fingerprint density at radius 3 is 2.72 bits per heavy atom. The minimum Gasteiger partial charge on any atom is -0.508 e. The van der Waals surface area contributed by atoms with Gasteiger partial charge in [-0.05, 0) is 50.0 Å². The minimum absolute atomic E-state index is 0.120. The van der Waals surface area contributed by atoms with Crippen LogP contribution in [0.4, 0.5) is 0 Å². The normalized spacial score (nSPS) is 19.9. The van der Waals surface area contributed by atoms with Crippen molar-refractivity contribution >= 4 is 15.9 Å². The van der Waals surface area contributed by atoms with Gasteiger partial charge in [0.05, 0.1) is 6.04 Å². The van der Waals surface area contributed by atoms with E-state index >= 15 is 0 Å². The molecule has 2 rings (SSSR count). The Bertz CT molecular complexity index is 403. The van der Waals surface area contributed by atoms with Crippen LogP contribution in [0.1, 0.15) is 31.4 Å². The second-order valence-electron chi connectivity index (χ2n) is 5.17. The summed E-state index contributed by atoms with van der Waals surface area (Å²) in [6, 6.07) is 5.68. The molecule has 1 atom stereocenters. The maximum absolute atomic E-state index is 10.0. The predicted octanol–water partition coefficient (Wildman–Crippen LogP) is 2.89. The third-order valence-electron chi connectivity index (χ3n) is 3.83. The predicted molar refractivity (Wildman–Crippen MR) is 77.6 cm³/mol. The fourth-order valence-corrected chi connectivity index (χ4v) is 2.98. The van der Waals surface area contributed by atoms with Crippen LogP contribution in [-0.2, 0) is 0 Å². The molecule has 1 unspecified atom stereocenters. The second-order valence-corrected chi connectivity index (χ2v) is 6.09. The van der Waals surface area contributed by atoms with Gasteiger partial charge in [-0.1, -0.05) is 22.9 Å². The van der Waals surface area contributed by atoms with Gasteiger partial charge in [0.1, 0.15) is 5.75 Å². The summed E-state index contributed by atoms with van der Waals surface area (Å²) in [5.74, 6) is 1.14. The summed E-state index contributed by atoms with van der Waals surface area (Å²) >= 11 is 3.46. The molecular formula is C14H21BrN2O. The Balaban J connectivity index is 2.19. The van der Waals surface area contributed by atoms with Crippen LogP contribution in [0.2, 0.25) is 0 Å². The molecule has 1 aliphatic rings. The van der Waals surface area contributed by atoms with Gasteiger partial charge in [-0.3, -0.25) is 4.90 Å². The Kier molecular flexibility index (Phi) is 4.65. The van der Waals surface area contributed by atoms with Crippen molar-refractivity contribution in [3.63, 3.8) is 0 Å². The molecule has 0 spiro atoms. The van der Waals surface area contributed by atoms with Crippen molar-refractivity contribution in [2.24, 2.45) is 11.7 Å². The second kappa shape index (κ2) is 6.04. The molecule has 0 amide bonds. The Hall–Kier alpha value is -0.580. The number of likely N-dealkylation sites (tertiary alicyclic amines) is 1. The van der Waals surface area contributed by atoms with E-state index in [4.69, 9.17) is 5.73 Å². The van der Waals surface area contributed by atoms with Crippen LogP contribution in [-0.4, -0.2) is 29.6 Å². The molecular weight excluding hydrogens is 292 g/mol. The highest BCUT2D eigenvalue weighted by atomic mass is 79.9. The number of rotatable bonds is 3. The number of aromatic hydroxyl groups is 1. The van der Waals surface area contributed by atoms with E-state index in [0.717, 1.165) is 29.0 Å². The van der Waals surface area contributed by atoms with Crippen LogP contribution in [0.15, 0.2) is 22.7 Å². The van der Waals surface area contributed by atoms with Crippen molar-refractivity contribution in [3.8, 4) is 5.75 Å². The van der Waals surface area contributed by atoms with Crippen molar-refractivity contribution in [1.82, 2.24) is 4.90 Å². The van der Waals surface area contributed by atoms with Crippen molar-refractivity contribution in [1.29, 1.82) is 0 Å². The first-order valence-corrected chi connectivity index (χ1v) is 7.33. The maximum Gasteiger partial charge on any atom is 0.120 e. The first-order valence-electron chi connectivity index (χ1n) is 6.54. The molecule has 1 heterocycles. The largest absolute Gasteiger partial charge is 0.508 e. The molecule has 100 valence electrons. The molecule has 1 aromatic rings. The van der Waals surface area contributed by atoms with E-state index in [1.165, 1.54) is 12.8 Å². The quantitative estimate of drug-likeness (QED) is 0.902. The molecule has 1 aliphatic heterocycles. The third kappa shape index (κ3) is 3.05. The van der Waals surface area contributed by atoms with Crippen LogP contribution in [0, 0.1) is 5.92 Å². The number of nitrogens with zero attached hydrogens (tertiary/aromatic N) is 1. The van der Waals surface area contributed by atoms with Gasteiger partial charge in [-0.2, -0.15) is 0 Å². The lowest BCUT2D eigenvalue weighted by Crippen LogP contribution is -2.39. The molecule has 3 nitrogen and oxygen atoms in total. The smallest absolute Gasteiger partial charge is 0.120 e. The van der Waals surface area contributed by atoms with Gasteiger partial charge < -0.3 is 10.8 Å². The lowest BCUT2D eigenvalue weighted by molar-refractivity contribution is 0.139. The number of benzene rings is 1. The Morgan fingerprint density at radius 1 is 1.44 bits per heavy atom. The number of hydrogen-bond donors (Lipinski definition) is 2. The van der Waals surface area contributed by atoms with E-state index in [2.05, 4.69) is 27.8 Å². The van der Waals surface area contributed by atoms with Gasteiger partial charge in [-0.25, -0.2) is 0 Å². The monoisotopic (exact) mass is 312 g/mol. The van der Waals surface area contributed by atoms with E-state index in [1.807, 2.05) is 12.1 Å². The summed E-state index contributed by atoms with van der Waals surface area (Å²) in [4.78, 5) is 2.39. The number of hydrogen-bond acceptors (Lipinski definition) is 3. The van der Waals surface area contributed by atoms with E-state index in [0.29, 0.717) is 12.3 Å². The molecule has 0 bridgehead atoms. The zero-order valence-corrected chi connectivity index (χ0v) is 12.4. The van der Waals surface area contributed by atoms with Crippen molar-refractivity contribution in [2.45, 2.75) is 25.8 Å². The van der Waals surface area contributed by atoms with E-state index in [-0.39, 0.29) is 6.04 Å². The summed E-state index contributed by atoms with van der Waals surface area (Å²) < 4.78 is 0.985. The number of nitrogens with two attached hydrogens (primary N) is 1. The number of halogens is 1. The average Bonchev–Trinajstić information content (AvgIpc) is 2.37. The van der Waals surface area contributed by atoms with Crippen LogP contribution in [0.5, 0.6) is 5.75 Å². The molecule has 1 aromatic carbocycles. The van der Waals surface area contributed by atoms with Crippen LogP contribution in [0.25, 0.3) is 0 Å². The lowest BCUT2D eigenvalue weighted by Gasteiger charge is -2.36. The highest BCUT2D eigenvalue weighted by Gasteiger charge is 2.25. The molecule has 4 heteroatoms. The topological polar surface area (TPSA) is 49.5 Å². The number of phenolic OH excluding ortho intramolecular Hbond substituents is 1. The van der Waals surface area contributed by atoms with Crippen molar-refractivity contribution in [2.75, 3.05) is 19.6 Å². The van der Waals surface area contributed by atoms with E-state index in [1.54, 1.807) is 6.07 Å². The molecule has 0 radical (unpaired) electrons. The molecule has 0 aromatic heterocycles. The minimum atomic E-state index is 0.120. The highest BCUT2D eigenvalue weighted by molar-refractivity contribution is 9.10. The molecule has 3 N–H and O–H groups in total. The molecule has 1 saturated heterocycles. The van der Waals surface area contributed by atoms with Gasteiger partial charge in [0, 0.05) is 16.6 Å². The van der Waals surface area contributed by atoms with Gasteiger partial charge in [0.25, 0.3) is 0 Å². The van der Waals surface area contributed by atoms with Crippen LogP contribution >= 0.6 is 15.9 Å². The summed E-state index contributed by atoms with van der Waals surface area (Å²) in [5.41, 5.74) is 6.85. The van der Waals surface area contributed by atoms with Gasteiger partial charge >= 0.3 is 0 Å². The van der Waals surface area contributed by atoms with E-state index in [9.17, 15) is 5.11 Å². The first kappa shape index (κ1) is 13.8. The molecule has 0 aliphatic carbocycles. The lowest BCUT2D eigenvalue weighted by atomic mass is 9.95. The summed E-state index contributed by atoms with van der Waals surface area (Å²) in [7, 11) is 0. The summed E-state index contributed by atoms with van der Waals surface area (Å²) in [5, 5.41) is 10.0. The maximum atomic E-state index is 10.0. The fourth-order valence-electron chi connectivity index (χ4n) is 2.61. The zero-order valence-electron chi connectivity index (χ0n) is 10.8. The third-order valence-corrected chi connectivity index (χ3v) is 4.32. The van der Waals surface area contributed by atoms with E-state index < -0.39 is 0 Å². The van der Waals surface area contributed by atoms with Gasteiger partial charge in [0.2, 0.25) is 0 Å². The number of phenols is 1. The number of piperidine rings is 1. The zero-order chi connectivity index (χ0) is 13.1. The molecule has 1 fully saturated rings. The Labute approximate surface area is 117 Å². The SMILES string of the molecule is CC1CCN(C(CN)c2cc(Br)ccc2O)CC1. The van der Waals surface area contributed by atoms with Crippen LogP contribution in [0.3, 0.4) is 0 Å². The van der Waals surface area contributed by atoms with Gasteiger partial charge in [-0.15, -0.1) is 0 Å². The van der Waals surface area contributed by atoms with Crippen LogP contribution < -0.4 is 5.73 Å². The standard InChI is InChI=1S/C14H21BrN2O/c1-10-4-6-17(7-5-10)13(9-16)12-8-11(15)2-3-14(12)18/h2-3,8,10,13,18H,4-7,9,16H2,1H3. The Morgan fingerprint density at radius 2 is 2.11 bits per heavy atom. The van der Waals surface area contributed by atoms with Gasteiger partial charge in [0.15, 0.2) is 0 Å². The molecule has 18 heavy (non-hydrogen) atoms. The van der Waals surface area contributed by atoms with Crippen molar-refractivity contribution in [3.05, 3.63) is 28.2 Å². The average molecular weight is 313 g/mol. The first-order chi connectivity index (χ1) is 8.61. The molecule has 0 saturated carbocycles.